The monoisotopic (exact) mass is 156 g/mol. The van der Waals surface area contributed by atoms with Gasteiger partial charge in [0.25, 0.3) is 0 Å². The fourth-order valence-corrected chi connectivity index (χ4v) is 1.35. The van der Waals surface area contributed by atoms with Crippen molar-refractivity contribution in [3.05, 3.63) is 0 Å². The van der Waals surface area contributed by atoms with Crippen molar-refractivity contribution >= 4 is 6.41 Å². The fraction of sp³-hybridized carbons (Fsp3) is 0.889. The van der Waals surface area contributed by atoms with E-state index in [0.717, 1.165) is 6.54 Å². The lowest BCUT2D eigenvalue weighted by atomic mass is 9.98. The Morgan fingerprint density at radius 2 is 1.82 bits per heavy atom. The summed E-state index contributed by atoms with van der Waals surface area (Å²) in [4.78, 5) is 9.88. The maximum Gasteiger partial charge on any atom is 0.309 e. The van der Waals surface area contributed by atoms with Crippen molar-refractivity contribution in [2.24, 2.45) is 5.92 Å². The van der Waals surface area contributed by atoms with E-state index in [9.17, 15) is 4.79 Å². The molecule has 1 N–H and O–H groups in total. The van der Waals surface area contributed by atoms with E-state index < -0.39 is 0 Å². The Kier molecular flexibility index (Phi) is 7.21. The molecule has 0 atom stereocenters. The van der Waals surface area contributed by atoms with Gasteiger partial charge in [0, 0.05) is 6.54 Å². The van der Waals surface area contributed by atoms with Crippen LogP contribution in [0.25, 0.3) is 0 Å². The van der Waals surface area contributed by atoms with Crippen LogP contribution in [0, 0.1) is 5.92 Å². The van der Waals surface area contributed by atoms with Crippen LogP contribution >= 0.6 is 0 Å². The molecular weight excluding hydrogens is 138 g/mol. The molecule has 0 aromatic carbocycles. The summed E-state index contributed by atoms with van der Waals surface area (Å²) in [6, 6.07) is 0. The Bertz CT molecular complexity index is 87.6. The maximum absolute atomic E-state index is 9.88. The van der Waals surface area contributed by atoms with E-state index in [1.165, 1.54) is 25.7 Å². The first-order valence-corrected chi connectivity index (χ1v) is 4.45. The maximum atomic E-state index is 9.88. The largest absolute Gasteiger partial charge is 0.348 e. The van der Waals surface area contributed by atoms with E-state index in [-0.39, 0.29) is 0 Å². The van der Waals surface area contributed by atoms with Gasteiger partial charge in [-0.25, -0.2) is 0 Å². The lowest BCUT2D eigenvalue weighted by molar-refractivity contribution is 0.428. The molecule has 2 heteroatoms. The summed E-state index contributed by atoms with van der Waals surface area (Å²) in [5.74, 6) is 0.659. The highest BCUT2D eigenvalue weighted by Gasteiger charge is 2.04. The van der Waals surface area contributed by atoms with Gasteiger partial charge in [-0.3, -0.25) is 4.79 Å². The highest BCUT2D eigenvalue weighted by atomic mass is 16.1. The topological polar surface area (TPSA) is 29.1 Å². The predicted octanol–water partition coefficient (Wildman–Crippen LogP) is 1.86. The van der Waals surface area contributed by atoms with Gasteiger partial charge in [0.15, 0.2) is 0 Å². The number of nitrogens with one attached hydrogen (secondary N) is 1. The quantitative estimate of drug-likeness (QED) is 0.560. The number of hydrogen-bond donors (Lipinski definition) is 1. The van der Waals surface area contributed by atoms with Gasteiger partial charge < -0.3 is 5.32 Å². The van der Waals surface area contributed by atoms with Gasteiger partial charge in [0.1, 0.15) is 0 Å². The Hall–Kier alpha value is -0.530. The van der Waals surface area contributed by atoms with Crippen LogP contribution in [0.3, 0.4) is 0 Å². The minimum absolute atomic E-state index is 0.659. The highest BCUT2D eigenvalue weighted by molar-refractivity contribution is 5.46. The van der Waals surface area contributed by atoms with Crippen molar-refractivity contribution in [3.8, 4) is 0 Å². The van der Waals surface area contributed by atoms with Crippen molar-refractivity contribution in [3.63, 3.8) is 0 Å². The summed E-state index contributed by atoms with van der Waals surface area (Å²) in [5.41, 5.74) is 0. The molecule has 65 valence electrons. The summed E-state index contributed by atoms with van der Waals surface area (Å²) in [6.45, 7) is 5.14. The van der Waals surface area contributed by atoms with E-state index in [1.807, 2.05) is 0 Å². The third-order valence-corrected chi connectivity index (χ3v) is 1.86. The minimum Gasteiger partial charge on any atom is -0.348 e. The van der Waals surface area contributed by atoms with Crippen molar-refractivity contribution in [2.75, 3.05) is 6.54 Å². The number of amides is 1. The summed E-state index contributed by atoms with van der Waals surface area (Å²) in [7, 11) is 0. The van der Waals surface area contributed by atoms with Crippen LogP contribution in [-0.4, -0.2) is 13.0 Å². The fourth-order valence-electron chi connectivity index (χ4n) is 1.35. The van der Waals surface area contributed by atoms with Crippen LogP contribution in [0.5, 0.6) is 0 Å². The lowest BCUT2D eigenvalue weighted by Crippen LogP contribution is -2.21. The van der Waals surface area contributed by atoms with Gasteiger partial charge in [0.2, 0.25) is 0 Å². The van der Waals surface area contributed by atoms with Crippen LogP contribution in [0.2, 0.25) is 0 Å². The zero-order valence-corrected chi connectivity index (χ0v) is 7.52. The molecule has 0 aromatic heterocycles. The molecule has 0 fully saturated rings. The molecule has 0 aliphatic heterocycles. The molecule has 0 saturated carbocycles. The average Bonchev–Trinajstić information content (AvgIpc) is 2.01. The predicted molar refractivity (Wildman–Crippen MR) is 47.0 cm³/mol. The Morgan fingerprint density at radius 1 is 1.27 bits per heavy atom. The van der Waals surface area contributed by atoms with Gasteiger partial charge in [-0.1, -0.05) is 26.7 Å². The van der Waals surface area contributed by atoms with Gasteiger partial charge >= 0.3 is 6.41 Å². The molecule has 0 spiro atoms. The molecule has 0 unspecified atom stereocenters. The first-order chi connectivity index (χ1) is 5.35. The van der Waals surface area contributed by atoms with E-state index in [0.29, 0.717) is 5.92 Å². The minimum atomic E-state index is 0.659. The summed E-state index contributed by atoms with van der Waals surface area (Å²) < 4.78 is 0. The SMILES string of the molecule is CCCC(CCC)CN[C]=O. The average molecular weight is 156 g/mol. The zero-order valence-electron chi connectivity index (χ0n) is 7.52. The van der Waals surface area contributed by atoms with E-state index in [4.69, 9.17) is 0 Å². The van der Waals surface area contributed by atoms with Gasteiger partial charge in [-0.2, -0.15) is 0 Å². The molecule has 0 saturated heterocycles. The van der Waals surface area contributed by atoms with Gasteiger partial charge in [-0.05, 0) is 18.8 Å². The molecule has 0 heterocycles. The second-order valence-corrected chi connectivity index (χ2v) is 2.93. The molecule has 0 aliphatic carbocycles. The molecule has 1 amide bonds. The Labute approximate surface area is 69.4 Å². The zero-order chi connectivity index (χ0) is 8.53. The molecule has 0 bridgehead atoms. The lowest BCUT2D eigenvalue weighted by Gasteiger charge is -2.13. The molecule has 2 nitrogen and oxygen atoms in total. The molecule has 1 radical (unpaired) electrons. The first-order valence-electron chi connectivity index (χ1n) is 4.45. The number of carbonyl (C=O) groups excluding carboxylic acids is 1. The molecule has 0 aliphatic rings. The van der Waals surface area contributed by atoms with Crippen LogP contribution in [0.4, 0.5) is 0 Å². The third kappa shape index (κ3) is 5.89. The second kappa shape index (κ2) is 7.58. The van der Waals surface area contributed by atoms with Crippen LogP contribution < -0.4 is 5.32 Å². The molecule has 11 heavy (non-hydrogen) atoms. The molecule has 0 aromatic rings. The second-order valence-electron chi connectivity index (χ2n) is 2.93. The standard InChI is InChI=1S/C9H18NO/c1-3-5-9(6-4-2)7-10-8-11/h9H,3-7H2,1-2H3,(H,10,11). The normalized spacial score (nSPS) is 10.1. The third-order valence-electron chi connectivity index (χ3n) is 1.86. The molecular formula is C9H18NO. The first kappa shape index (κ1) is 10.5. The Balaban J connectivity index is 3.41. The van der Waals surface area contributed by atoms with Crippen molar-refractivity contribution < 1.29 is 4.79 Å². The van der Waals surface area contributed by atoms with Gasteiger partial charge in [0.05, 0.1) is 0 Å². The smallest absolute Gasteiger partial charge is 0.309 e. The number of rotatable bonds is 7. The van der Waals surface area contributed by atoms with Crippen molar-refractivity contribution in [2.45, 2.75) is 39.5 Å². The molecule has 0 rings (SSSR count). The van der Waals surface area contributed by atoms with Crippen LogP contribution in [0.15, 0.2) is 0 Å². The van der Waals surface area contributed by atoms with E-state index >= 15 is 0 Å². The van der Waals surface area contributed by atoms with Crippen LogP contribution in [0.1, 0.15) is 39.5 Å². The van der Waals surface area contributed by atoms with Gasteiger partial charge in [-0.15, -0.1) is 0 Å². The van der Waals surface area contributed by atoms with Crippen LogP contribution in [-0.2, 0) is 4.79 Å². The summed E-state index contributed by atoms with van der Waals surface area (Å²) >= 11 is 0. The van der Waals surface area contributed by atoms with E-state index in [2.05, 4.69) is 19.2 Å². The van der Waals surface area contributed by atoms with E-state index in [1.54, 1.807) is 6.41 Å². The highest BCUT2D eigenvalue weighted by Crippen LogP contribution is 2.11. The summed E-state index contributed by atoms with van der Waals surface area (Å²) in [5, 5.41) is 2.61. The Morgan fingerprint density at radius 3 is 2.18 bits per heavy atom. The summed E-state index contributed by atoms with van der Waals surface area (Å²) in [6.07, 6.45) is 6.54. The van der Waals surface area contributed by atoms with Crippen molar-refractivity contribution in [1.29, 1.82) is 0 Å². The number of hydrogen-bond acceptors (Lipinski definition) is 1. The van der Waals surface area contributed by atoms with Crippen molar-refractivity contribution in [1.82, 2.24) is 5.32 Å².